The summed E-state index contributed by atoms with van der Waals surface area (Å²) in [7, 11) is 4.04. The minimum Gasteiger partial charge on any atom is -1.00 e. The number of hydrogen-bond acceptors (Lipinski definition) is 3. The molecule has 5 aromatic rings. The molecule has 5 nitrogen and oxygen atoms in total. The summed E-state index contributed by atoms with van der Waals surface area (Å²) in [4.78, 5) is 14.4. The van der Waals surface area contributed by atoms with Crippen molar-refractivity contribution < 1.29 is 78.1 Å². The SMILES string of the molecule is Cn1c(-c2cccc(-c3nc4ccccc4n3C)n2)nc2ccccc21.[Cl-].[Cl-].[Cl-].[Nd+3]. The molecule has 3 heterocycles. The van der Waals surface area contributed by atoms with Crippen molar-refractivity contribution in [3.05, 3.63) is 66.7 Å². The van der Waals surface area contributed by atoms with Gasteiger partial charge in [0.15, 0.2) is 11.6 Å². The standard InChI is InChI=1S/C21H17N5.3ClH.Nd/c1-25-18-12-5-3-8-14(18)23-20(25)16-10-7-11-17(22-16)21-24-15-9-4-6-13-19(15)26(21)2;;;;/h3-13H,1-2H3;3*1H;/q;;;;+3/p-3. The fourth-order valence-electron chi connectivity index (χ4n) is 3.43. The molecular formula is C21H17Cl3N5Nd. The number of halogens is 3. The maximum atomic E-state index is 4.86. The summed E-state index contributed by atoms with van der Waals surface area (Å²) in [6.07, 6.45) is 0. The van der Waals surface area contributed by atoms with E-state index in [2.05, 4.69) is 21.3 Å². The Morgan fingerprint density at radius 1 is 0.533 bits per heavy atom. The first-order valence-corrected chi connectivity index (χ1v) is 8.53. The third-order valence-electron chi connectivity index (χ3n) is 4.78. The summed E-state index contributed by atoms with van der Waals surface area (Å²) < 4.78 is 4.16. The maximum absolute atomic E-state index is 4.86. The summed E-state index contributed by atoms with van der Waals surface area (Å²) in [5.41, 5.74) is 5.82. The molecule has 0 fully saturated rings. The molecule has 0 atom stereocenters. The first-order chi connectivity index (χ1) is 12.7. The number of benzene rings is 2. The second-order valence-electron chi connectivity index (χ2n) is 6.37. The maximum Gasteiger partial charge on any atom is 3.00 e. The zero-order valence-corrected chi connectivity index (χ0v) is 21.7. The van der Waals surface area contributed by atoms with Crippen LogP contribution in [0.25, 0.3) is 45.1 Å². The van der Waals surface area contributed by atoms with Crippen molar-refractivity contribution in [3.63, 3.8) is 0 Å². The smallest absolute Gasteiger partial charge is 1.00 e. The Hall–Kier alpha value is -1.25. The van der Waals surface area contributed by atoms with E-state index in [9.17, 15) is 0 Å². The van der Waals surface area contributed by atoms with Gasteiger partial charge in [-0.25, -0.2) is 15.0 Å². The summed E-state index contributed by atoms with van der Waals surface area (Å²) in [5.74, 6) is 1.71. The average molecular weight is 590 g/mol. The summed E-state index contributed by atoms with van der Waals surface area (Å²) in [6, 6.07) is 22.2. The molecule has 0 saturated carbocycles. The van der Waals surface area contributed by atoms with Gasteiger partial charge in [0.2, 0.25) is 0 Å². The normalized spacial score (nSPS) is 9.93. The Morgan fingerprint density at radius 3 is 1.33 bits per heavy atom. The Bertz CT molecular complexity index is 1190. The number of pyridine rings is 1. The van der Waals surface area contributed by atoms with Crippen LogP contribution in [0.15, 0.2) is 66.7 Å². The van der Waals surface area contributed by atoms with E-state index in [0.717, 1.165) is 45.1 Å². The molecule has 0 aliphatic carbocycles. The van der Waals surface area contributed by atoms with Crippen LogP contribution >= 0.6 is 0 Å². The van der Waals surface area contributed by atoms with Crippen LogP contribution in [-0.4, -0.2) is 24.1 Å². The van der Waals surface area contributed by atoms with E-state index in [1.54, 1.807) is 0 Å². The van der Waals surface area contributed by atoms with Crippen molar-refractivity contribution in [1.29, 1.82) is 0 Å². The quantitative estimate of drug-likeness (QED) is 0.208. The van der Waals surface area contributed by atoms with Gasteiger partial charge in [-0.05, 0) is 36.4 Å². The van der Waals surface area contributed by atoms with Crippen LogP contribution in [-0.2, 0) is 14.1 Å². The largest absolute Gasteiger partial charge is 3.00 e. The van der Waals surface area contributed by atoms with Crippen molar-refractivity contribution >= 4 is 22.1 Å². The second-order valence-corrected chi connectivity index (χ2v) is 6.37. The van der Waals surface area contributed by atoms with Gasteiger partial charge in [-0.2, -0.15) is 0 Å². The Balaban J connectivity index is 0.00000112. The molecule has 5 rings (SSSR count). The first kappa shape index (κ1) is 26.8. The Kier molecular flexibility index (Phi) is 9.70. The van der Waals surface area contributed by atoms with E-state index < -0.39 is 0 Å². The molecule has 0 bridgehead atoms. The van der Waals surface area contributed by atoms with Crippen LogP contribution in [0.3, 0.4) is 0 Å². The van der Waals surface area contributed by atoms with E-state index >= 15 is 0 Å². The van der Waals surface area contributed by atoms with E-state index in [1.807, 2.05) is 68.7 Å². The number of aryl methyl sites for hydroxylation is 2. The van der Waals surface area contributed by atoms with Crippen LogP contribution in [0, 0.1) is 40.8 Å². The van der Waals surface area contributed by atoms with Gasteiger partial charge in [0, 0.05) is 14.1 Å². The molecule has 2 aromatic carbocycles. The molecule has 151 valence electrons. The van der Waals surface area contributed by atoms with Gasteiger partial charge in [0.05, 0.1) is 22.1 Å². The minimum atomic E-state index is 0. The monoisotopic (exact) mass is 586 g/mol. The second kappa shape index (κ2) is 10.9. The van der Waals surface area contributed by atoms with Crippen LogP contribution < -0.4 is 37.2 Å². The van der Waals surface area contributed by atoms with Gasteiger partial charge >= 0.3 is 40.8 Å². The van der Waals surface area contributed by atoms with Gasteiger partial charge in [-0.1, -0.05) is 30.3 Å². The van der Waals surface area contributed by atoms with Gasteiger partial charge in [-0.3, -0.25) is 0 Å². The molecule has 0 spiro atoms. The molecule has 0 saturated heterocycles. The minimum absolute atomic E-state index is 0. The van der Waals surface area contributed by atoms with Gasteiger partial charge in [0.1, 0.15) is 11.4 Å². The van der Waals surface area contributed by atoms with Crippen molar-refractivity contribution in [3.8, 4) is 23.0 Å². The van der Waals surface area contributed by atoms with Crippen LogP contribution in [0.1, 0.15) is 0 Å². The van der Waals surface area contributed by atoms with E-state index in [1.165, 1.54) is 0 Å². The fourth-order valence-corrected chi connectivity index (χ4v) is 3.43. The summed E-state index contributed by atoms with van der Waals surface area (Å²) >= 11 is 0. The number of rotatable bonds is 2. The summed E-state index contributed by atoms with van der Waals surface area (Å²) in [5, 5.41) is 0. The molecule has 0 N–H and O–H groups in total. The van der Waals surface area contributed by atoms with Crippen molar-refractivity contribution in [2.45, 2.75) is 0 Å². The molecule has 0 amide bonds. The summed E-state index contributed by atoms with van der Waals surface area (Å²) in [6.45, 7) is 0. The number of fused-ring (bicyclic) bond motifs is 2. The van der Waals surface area contributed by atoms with Crippen LogP contribution in [0.5, 0.6) is 0 Å². The third-order valence-corrected chi connectivity index (χ3v) is 4.78. The van der Waals surface area contributed by atoms with Gasteiger partial charge in [0.25, 0.3) is 0 Å². The molecule has 9 heteroatoms. The number of hydrogen-bond donors (Lipinski definition) is 0. The molecular weight excluding hydrogens is 573 g/mol. The van der Waals surface area contributed by atoms with E-state index in [-0.39, 0.29) is 78.1 Å². The van der Waals surface area contributed by atoms with Gasteiger partial charge in [-0.15, -0.1) is 0 Å². The van der Waals surface area contributed by atoms with E-state index in [4.69, 9.17) is 15.0 Å². The number of aromatic nitrogens is 5. The Labute approximate surface area is 226 Å². The Morgan fingerprint density at radius 2 is 0.933 bits per heavy atom. The third kappa shape index (κ3) is 4.50. The van der Waals surface area contributed by atoms with Crippen molar-refractivity contribution in [1.82, 2.24) is 24.1 Å². The molecule has 3 aromatic heterocycles. The number of nitrogens with zero attached hydrogens (tertiary/aromatic N) is 5. The topological polar surface area (TPSA) is 48.5 Å². The van der Waals surface area contributed by atoms with Gasteiger partial charge < -0.3 is 46.4 Å². The first-order valence-electron chi connectivity index (χ1n) is 8.53. The molecule has 0 aliphatic rings. The molecule has 0 unspecified atom stereocenters. The molecule has 0 aliphatic heterocycles. The van der Waals surface area contributed by atoms with Crippen LogP contribution in [0.4, 0.5) is 0 Å². The average Bonchev–Trinajstić information content (AvgIpc) is 3.20. The molecule has 1 radical (unpaired) electrons. The molecule has 30 heavy (non-hydrogen) atoms. The van der Waals surface area contributed by atoms with Crippen molar-refractivity contribution in [2.75, 3.05) is 0 Å². The zero-order valence-electron chi connectivity index (χ0n) is 16.2. The number of imidazole rings is 2. The zero-order chi connectivity index (χ0) is 17.7. The predicted molar refractivity (Wildman–Crippen MR) is 104 cm³/mol. The number of para-hydroxylation sites is 4. The van der Waals surface area contributed by atoms with Crippen molar-refractivity contribution in [2.24, 2.45) is 14.1 Å². The predicted octanol–water partition coefficient (Wildman–Crippen LogP) is -4.80. The fraction of sp³-hybridized carbons (Fsp3) is 0.0952. The van der Waals surface area contributed by atoms with E-state index in [0.29, 0.717) is 0 Å². The van der Waals surface area contributed by atoms with Crippen LogP contribution in [0.2, 0.25) is 0 Å².